The quantitative estimate of drug-likeness (QED) is 0.775. The van der Waals surface area contributed by atoms with Crippen LogP contribution < -0.4 is 10.6 Å². The van der Waals surface area contributed by atoms with Gasteiger partial charge in [-0.05, 0) is 12.5 Å². The fourth-order valence-corrected chi connectivity index (χ4v) is 2.24. The maximum absolute atomic E-state index is 11.6. The molecular formula is C17H22N4O2. The smallest absolute Gasteiger partial charge is 0.267 e. The molecule has 0 atom stereocenters. The van der Waals surface area contributed by atoms with Gasteiger partial charge in [-0.15, -0.1) is 0 Å². The van der Waals surface area contributed by atoms with Gasteiger partial charge in [-0.3, -0.25) is 4.79 Å². The molecule has 1 aromatic carbocycles. The molecule has 1 heterocycles. The summed E-state index contributed by atoms with van der Waals surface area (Å²) in [4.78, 5) is 22.3. The van der Waals surface area contributed by atoms with Crippen LogP contribution in [0.25, 0.3) is 11.3 Å². The zero-order valence-corrected chi connectivity index (χ0v) is 13.3. The van der Waals surface area contributed by atoms with E-state index in [1.54, 1.807) is 6.07 Å². The van der Waals surface area contributed by atoms with Crippen LogP contribution in [0.15, 0.2) is 36.4 Å². The van der Waals surface area contributed by atoms with Crippen molar-refractivity contribution in [3.63, 3.8) is 0 Å². The average Bonchev–Trinajstić information content (AvgIpc) is 2.59. The fourth-order valence-electron chi connectivity index (χ4n) is 2.24. The van der Waals surface area contributed by atoms with Crippen molar-refractivity contribution in [2.75, 3.05) is 24.6 Å². The molecule has 0 aliphatic rings. The molecule has 122 valence electrons. The molecule has 0 spiro atoms. The van der Waals surface area contributed by atoms with Gasteiger partial charge < -0.3 is 15.7 Å². The third kappa shape index (κ3) is 4.50. The number of hydrogen-bond acceptors (Lipinski definition) is 5. The number of rotatable bonds is 8. The lowest BCUT2D eigenvalue weighted by Crippen LogP contribution is -2.30. The molecule has 3 N–H and O–H groups in total. The largest absolute Gasteiger partial charge is 0.395 e. The average molecular weight is 314 g/mol. The minimum absolute atomic E-state index is 0.00541. The van der Waals surface area contributed by atoms with Crippen LogP contribution >= 0.6 is 0 Å². The highest BCUT2D eigenvalue weighted by atomic mass is 16.3. The lowest BCUT2D eigenvalue weighted by molar-refractivity contribution is 0.0995. The normalized spacial score (nSPS) is 10.5. The summed E-state index contributed by atoms with van der Waals surface area (Å²) in [6.07, 6.45) is 1.97. The number of aromatic nitrogens is 2. The lowest BCUT2D eigenvalue weighted by Gasteiger charge is -2.22. The minimum atomic E-state index is -0.592. The van der Waals surface area contributed by atoms with E-state index in [1.807, 2.05) is 35.2 Å². The first-order chi connectivity index (χ1) is 11.2. The van der Waals surface area contributed by atoms with Gasteiger partial charge in [0.05, 0.1) is 12.3 Å². The van der Waals surface area contributed by atoms with Gasteiger partial charge in [0.15, 0.2) is 0 Å². The van der Waals surface area contributed by atoms with E-state index in [2.05, 4.69) is 16.9 Å². The number of aliphatic hydroxyl groups is 1. The van der Waals surface area contributed by atoms with Crippen LogP contribution in [0, 0.1) is 0 Å². The van der Waals surface area contributed by atoms with Crippen molar-refractivity contribution in [1.82, 2.24) is 9.97 Å². The zero-order chi connectivity index (χ0) is 16.7. The number of aliphatic hydroxyl groups excluding tert-OH is 1. The predicted octanol–water partition coefficient (Wildman–Crippen LogP) is 1.84. The first-order valence-electron chi connectivity index (χ1n) is 7.75. The highest BCUT2D eigenvalue weighted by molar-refractivity contribution is 5.92. The number of amides is 1. The van der Waals surface area contributed by atoms with Crippen molar-refractivity contribution in [3.8, 4) is 11.3 Å². The van der Waals surface area contributed by atoms with Gasteiger partial charge in [0, 0.05) is 18.7 Å². The molecule has 1 amide bonds. The Labute approximate surface area is 136 Å². The third-order valence-electron chi connectivity index (χ3n) is 3.47. The number of anilines is 1. The van der Waals surface area contributed by atoms with Crippen LogP contribution in [-0.4, -0.2) is 40.7 Å². The van der Waals surface area contributed by atoms with Crippen molar-refractivity contribution in [1.29, 1.82) is 0 Å². The van der Waals surface area contributed by atoms with E-state index in [0.717, 1.165) is 18.4 Å². The molecule has 1 aromatic heterocycles. The van der Waals surface area contributed by atoms with E-state index in [9.17, 15) is 9.90 Å². The summed E-state index contributed by atoms with van der Waals surface area (Å²) in [7, 11) is 0. The van der Waals surface area contributed by atoms with Gasteiger partial charge >= 0.3 is 0 Å². The molecule has 0 saturated heterocycles. The summed E-state index contributed by atoms with van der Waals surface area (Å²) in [5.41, 5.74) is 7.11. The Hall–Kier alpha value is -2.47. The maximum atomic E-state index is 11.6. The molecule has 6 heteroatoms. The van der Waals surface area contributed by atoms with Crippen LogP contribution in [0.1, 0.15) is 30.3 Å². The van der Waals surface area contributed by atoms with Crippen molar-refractivity contribution in [2.45, 2.75) is 19.8 Å². The summed E-state index contributed by atoms with van der Waals surface area (Å²) in [6.45, 7) is 3.21. The van der Waals surface area contributed by atoms with Crippen LogP contribution in [-0.2, 0) is 0 Å². The molecule has 2 rings (SSSR count). The van der Waals surface area contributed by atoms with E-state index in [1.165, 1.54) is 0 Å². The second-order valence-corrected chi connectivity index (χ2v) is 5.23. The highest BCUT2D eigenvalue weighted by Crippen LogP contribution is 2.21. The summed E-state index contributed by atoms with van der Waals surface area (Å²) < 4.78 is 0. The number of hydrogen-bond donors (Lipinski definition) is 2. The molecule has 0 aliphatic carbocycles. The van der Waals surface area contributed by atoms with E-state index < -0.39 is 5.91 Å². The Kier molecular flexibility index (Phi) is 6.05. The van der Waals surface area contributed by atoms with Gasteiger partial charge in [0.1, 0.15) is 5.69 Å². The second kappa shape index (κ2) is 8.24. The summed E-state index contributed by atoms with van der Waals surface area (Å²) in [5, 5.41) is 9.27. The Morgan fingerprint density at radius 1 is 1.22 bits per heavy atom. The standard InChI is InChI=1S/C17H22N4O2/c1-2-3-9-21(10-11-22)17-19-14(12-15(20-17)16(18)23)13-7-5-4-6-8-13/h4-8,12,22H,2-3,9-11H2,1H3,(H2,18,23). The number of primary amides is 1. The van der Waals surface area contributed by atoms with Crippen LogP contribution in [0.5, 0.6) is 0 Å². The van der Waals surface area contributed by atoms with Crippen LogP contribution in [0.2, 0.25) is 0 Å². The monoisotopic (exact) mass is 314 g/mol. The topological polar surface area (TPSA) is 92.3 Å². The minimum Gasteiger partial charge on any atom is -0.395 e. The van der Waals surface area contributed by atoms with Crippen molar-refractivity contribution >= 4 is 11.9 Å². The number of nitrogens with two attached hydrogens (primary N) is 1. The van der Waals surface area contributed by atoms with Gasteiger partial charge in [-0.2, -0.15) is 0 Å². The summed E-state index contributed by atoms with van der Waals surface area (Å²) in [6, 6.07) is 11.2. The first-order valence-corrected chi connectivity index (χ1v) is 7.75. The lowest BCUT2D eigenvalue weighted by atomic mass is 10.1. The van der Waals surface area contributed by atoms with Crippen molar-refractivity contribution in [3.05, 3.63) is 42.1 Å². The molecule has 0 aliphatic heterocycles. The van der Waals surface area contributed by atoms with Crippen LogP contribution in [0.3, 0.4) is 0 Å². The molecule has 23 heavy (non-hydrogen) atoms. The summed E-state index contributed by atoms with van der Waals surface area (Å²) in [5.74, 6) is -0.173. The second-order valence-electron chi connectivity index (χ2n) is 5.23. The Morgan fingerprint density at radius 2 is 1.96 bits per heavy atom. The Balaban J connectivity index is 2.45. The molecular weight excluding hydrogens is 292 g/mol. The molecule has 0 radical (unpaired) electrons. The molecule has 0 bridgehead atoms. The number of carbonyl (C=O) groups excluding carboxylic acids is 1. The molecule has 0 saturated carbocycles. The molecule has 0 fully saturated rings. The van der Waals surface area contributed by atoms with Gasteiger partial charge in [-0.1, -0.05) is 43.7 Å². The first kappa shape index (κ1) is 16.9. The van der Waals surface area contributed by atoms with E-state index >= 15 is 0 Å². The van der Waals surface area contributed by atoms with E-state index in [-0.39, 0.29) is 12.3 Å². The molecule has 2 aromatic rings. The summed E-state index contributed by atoms with van der Waals surface area (Å²) >= 11 is 0. The Morgan fingerprint density at radius 3 is 2.57 bits per heavy atom. The van der Waals surface area contributed by atoms with E-state index in [0.29, 0.717) is 24.7 Å². The van der Waals surface area contributed by atoms with Crippen LogP contribution in [0.4, 0.5) is 5.95 Å². The third-order valence-corrected chi connectivity index (χ3v) is 3.47. The SMILES string of the molecule is CCCCN(CCO)c1nc(C(N)=O)cc(-c2ccccc2)n1. The van der Waals surface area contributed by atoms with Gasteiger partial charge in [0.25, 0.3) is 5.91 Å². The van der Waals surface area contributed by atoms with Crippen molar-refractivity contribution < 1.29 is 9.90 Å². The fraction of sp³-hybridized carbons (Fsp3) is 0.353. The number of benzene rings is 1. The number of nitrogens with zero attached hydrogens (tertiary/aromatic N) is 3. The van der Waals surface area contributed by atoms with Gasteiger partial charge in [-0.25, -0.2) is 9.97 Å². The van der Waals surface area contributed by atoms with Crippen molar-refractivity contribution in [2.24, 2.45) is 5.73 Å². The van der Waals surface area contributed by atoms with E-state index in [4.69, 9.17) is 5.73 Å². The maximum Gasteiger partial charge on any atom is 0.267 e. The zero-order valence-electron chi connectivity index (χ0n) is 13.3. The Bertz CT molecular complexity index is 646. The highest BCUT2D eigenvalue weighted by Gasteiger charge is 2.15. The van der Waals surface area contributed by atoms with Gasteiger partial charge in [0.2, 0.25) is 5.95 Å². The molecule has 0 unspecified atom stereocenters. The number of carbonyl (C=O) groups is 1. The molecule has 6 nitrogen and oxygen atoms in total. The number of unbranched alkanes of at least 4 members (excludes halogenated alkanes) is 1. The predicted molar refractivity (Wildman–Crippen MR) is 90.2 cm³/mol.